The highest BCUT2D eigenvalue weighted by Gasteiger charge is 2.57. The second kappa shape index (κ2) is 4.57. The number of nitrogens with two attached hydrogens (primary N) is 1. The summed E-state index contributed by atoms with van der Waals surface area (Å²) in [6.45, 7) is 0.599. The summed E-state index contributed by atoms with van der Waals surface area (Å²) in [5, 5.41) is 0.622. The molecule has 1 aromatic heterocycles. The van der Waals surface area contributed by atoms with Crippen molar-refractivity contribution in [2.24, 2.45) is 5.73 Å². The Kier molecular flexibility index (Phi) is 3.95. The molecule has 2 N–H and O–H groups in total. The highest BCUT2D eigenvalue weighted by Crippen LogP contribution is 2.56. The summed E-state index contributed by atoms with van der Waals surface area (Å²) in [6.07, 6.45) is 3.83. The molecule has 0 radical (unpaired) electrons. The average molecular weight is 284 g/mol. The predicted octanol–water partition coefficient (Wildman–Crippen LogP) is 2.55. The standard InChI is InChI=1S/C10H11ClN2O.2ClH/c11-6-3-8-9(13-5-6)7(4-12)10(14-8)1-2-10;;/h3,5,7H,1-2,4,12H2;2*1H/t7-;;/m1../s1. The van der Waals surface area contributed by atoms with Gasteiger partial charge in [0.05, 0.1) is 16.6 Å². The van der Waals surface area contributed by atoms with Crippen molar-refractivity contribution in [1.29, 1.82) is 0 Å². The molecule has 0 aromatic carbocycles. The Balaban J connectivity index is 0.000000640. The predicted molar refractivity (Wildman–Crippen MR) is 68.1 cm³/mol. The fourth-order valence-electron chi connectivity index (χ4n) is 2.21. The van der Waals surface area contributed by atoms with Gasteiger partial charge in [0, 0.05) is 18.8 Å². The van der Waals surface area contributed by atoms with Gasteiger partial charge in [-0.2, -0.15) is 0 Å². The van der Waals surface area contributed by atoms with E-state index in [9.17, 15) is 0 Å². The van der Waals surface area contributed by atoms with E-state index in [4.69, 9.17) is 22.1 Å². The van der Waals surface area contributed by atoms with Gasteiger partial charge >= 0.3 is 0 Å². The van der Waals surface area contributed by atoms with Gasteiger partial charge in [-0.3, -0.25) is 4.98 Å². The molecule has 3 nitrogen and oxygen atoms in total. The van der Waals surface area contributed by atoms with Crippen LogP contribution in [0.15, 0.2) is 12.3 Å². The minimum Gasteiger partial charge on any atom is -0.485 e. The lowest BCUT2D eigenvalue weighted by molar-refractivity contribution is 0.184. The molecule has 1 atom stereocenters. The number of hydrogen-bond acceptors (Lipinski definition) is 3. The molecule has 0 amide bonds. The highest BCUT2D eigenvalue weighted by molar-refractivity contribution is 6.30. The molecule has 16 heavy (non-hydrogen) atoms. The van der Waals surface area contributed by atoms with Crippen molar-refractivity contribution in [2.75, 3.05) is 6.54 Å². The Morgan fingerprint density at radius 3 is 2.75 bits per heavy atom. The number of aromatic nitrogens is 1. The van der Waals surface area contributed by atoms with Gasteiger partial charge in [0.1, 0.15) is 11.4 Å². The van der Waals surface area contributed by atoms with Gasteiger partial charge in [-0.1, -0.05) is 11.6 Å². The van der Waals surface area contributed by atoms with Gasteiger partial charge in [0.25, 0.3) is 0 Å². The van der Waals surface area contributed by atoms with Gasteiger partial charge in [0.15, 0.2) is 0 Å². The fourth-order valence-corrected chi connectivity index (χ4v) is 2.36. The minimum atomic E-state index is -0.0330. The van der Waals surface area contributed by atoms with Crippen molar-refractivity contribution in [3.63, 3.8) is 0 Å². The number of ether oxygens (including phenoxy) is 1. The number of nitrogens with zero attached hydrogens (tertiary/aromatic N) is 1. The summed E-state index contributed by atoms with van der Waals surface area (Å²) in [7, 11) is 0. The first kappa shape index (κ1) is 13.8. The van der Waals surface area contributed by atoms with Crippen LogP contribution in [-0.2, 0) is 0 Å². The third kappa shape index (κ3) is 1.86. The van der Waals surface area contributed by atoms with E-state index in [-0.39, 0.29) is 36.3 Å². The molecule has 2 heterocycles. The average Bonchev–Trinajstić information content (AvgIpc) is 2.81. The second-order valence-electron chi connectivity index (χ2n) is 3.99. The van der Waals surface area contributed by atoms with E-state index in [2.05, 4.69) is 4.98 Å². The third-order valence-corrected chi connectivity index (χ3v) is 3.31. The Morgan fingerprint density at radius 2 is 2.19 bits per heavy atom. The van der Waals surface area contributed by atoms with Crippen molar-refractivity contribution in [3.05, 3.63) is 23.0 Å². The van der Waals surface area contributed by atoms with Crippen LogP contribution in [0.2, 0.25) is 5.02 Å². The van der Waals surface area contributed by atoms with Crippen LogP contribution in [0.3, 0.4) is 0 Å². The Labute approximate surface area is 112 Å². The molecule has 1 fully saturated rings. The summed E-state index contributed by atoms with van der Waals surface area (Å²) >= 11 is 5.85. The quantitative estimate of drug-likeness (QED) is 0.861. The normalized spacial score (nSPS) is 22.8. The molecule has 0 unspecified atom stereocenters. The molecule has 1 aliphatic heterocycles. The van der Waals surface area contributed by atoms with Crippen LogP contribution in [0.5, 0.6) is 5.75 Å². The van der Waals surface area contributed by atoms with Crippen molar-refractivity contribution < 1.29 is 4.74 Å². The molecule has 1 saturated carbocycles. The van der Waals surface area contributed by atoms with Crippen LogP contribution in [0, 0.1) is 0 Å². The monoisotopic (exact) mass is 282 g/mol. The van der Waals surface area contributed by atoms with Crippen LogP contribution in [0.25, 0.3) is 0 Å². The van der Waals surface area contributed by atoms with Crippen LogP contribution in [0.4, 0.5) is 0 Å². The summed E-state index contributed by atoms with van der Waals surface area (Å²) in [4.78, 5) is 4.31. The number of pyridine rings is 1. The second-order valence-corrected chi connectivity index (χ2v) is 4.43. The fraction of sp³-hybridized carbons (Fsp3) is 0.500. The van der Waals surface area contributed by atoms with Crippen LogP contribution < -0.4 is 10.5 Å². The van der Waals surface area contributed by atoms with E-state index >= 15 is 0 Å². The van der Waals surface area contributed by atoms with E-state index in [1.165, 1.54) is 0 Å². The first-order valence-corrected chi connectivity index (χ1v) is 5.17. The SMILES string of the molecule is Cl.Cl.NC[C@@H]1c2ncc(Cl)cc2OC12CC2. The molecule has 0 saturated heterocycles. The van der Waals surface area contributed by atoms with Gasteiger partial charge in [-0.05, 0) is 12.8 Å². The number of halogens is 3. The third-order valence-electron chi connectivity index (χ3n) is 3.11. The van der Waals surface area contributed by atoms with Crippen LogP contribution >= 0.6 is 36.4 Å². The molecule has 1 aromatic rings. The first-order chi connectivity index (χ1) is 6.75. The van der Waals surface area contributed by atoms with Crippen molar-refractivity contribution in [2.45, 2.75) is 24.4 Å². The topological polar surface area (TPSA) is 48.1 Å². The summed E-state index contributed by atoms with van der Waals surface area (Å²) in [5.41, 5.74) is 6.70. The van der Waals surface area contributed by atoms with Crippen molar-refractivity contribution in [1.82, 2.24) is 4.98 Å². The Morgan fingerprint density at radius 1 is 1.50 bits per heavy atom. The summed E-state index contributed by atoms with van der Waals surface area (Å²) < 4.78 is 5.86. The molecular weight excluding hydrogens is 270 g/mol. The Hall–Kier alpha value is -0.220. The molecule has 1 spiro atoms. The molecule has 6 heteroatoms. The van der Waals surface area contributed by atoms with Crippen LogP contribution in [-0.4, -0.2) is 17.1 Å². The van der Waals surface area contributed by atoms with Crippen molar-refractivity contribution in [3.8, 4) is 5.75 Å². The lowest BCUT2D eigenvalue weighted by Gasteiger charge is -2.14. The molecule has 3 rings (SSSR count). The van der Waals surface area contributed by atoms with E-state index in [1.807, 2.05) is 6.07 Å². The maximum atomic E-state index is 5.86. The number of hydrogen-bond donors (Lipinski definition) is 1. The van der Waals surface area contributed by atoms with Gasteiger partial charge in [0.2, 0.25) is 0 Å². The van der Waals surface area contributed by atoms with Crippen molar-refractivity contribution >= 4 is 36.4 Å². The molecule has 0 bridgehead atoms. The number of fused-ring (bicyclic) bond motifs is 1. The molecule has 2 aliphatic rings. The zero-order valence-corrected chi connectivity index (χ0v) is 10.9. The molecular formula is C10H13Cl3N2O. The summed E-state index contributed by atoms with van der Waals surface area (Å²) in [6, 6.07) is 1.83. The largest absolute Gasteiger partial charge is 0.485 e. The maximum absolute atomic E-state index is 5.86. The van der Waals surface area contributed by atoms with Gasteiger partial charge in [-0.25, -0.2) is 0 Å². The smallest absolute Gasteiger partial charge is 0.143 e. The van der Waals surface area contributed by atoms with Crippen LogP contribution in [0.1, 0.15) is 24.5 Å². The number of rotatable bonds is 1. The van der Waals surface area contributed by atoms with E-state index < -0.39 is 0 Å². The van der Waals surface area contributed by atoms with Gasteiger partial charge in [-0.15, -0.1) is 24.8 Å². The van der Waals surface area contributed by atoms with E-state index in [0.717, 1.165) is 24.3 Å². The molecule has 1 aliphatic carbocycles. The lowest BCUT2D eigenvalue weighted by atomic mass is 9.98. The first-order valence-electron chi connectivity index (χ1n) is 4.80. The minimum absolute atomic E-state index is 0. The van der Waals surface area contributed by atoms with E-state index in [1.54, 1.807) is 6.20 Å². The lowest BCUT2D eigenvalue weighted by Crippen LogP contribution is -2.27. The maximum Gasteiger partial charge on any atom is 0.143 e. The van der Waals surface area contributed by atoms with Gasteiger partial charge < -0.3 is 10.5 Å². The highest BCUT2D eigenvalue weighted by atomic mass is 35.5. The summed E-state index contributed by atoms with van der Waals surface area (Å²) in [5.74, 6) is 1.08. The Bertz CT molecular complexity index is 396. The van der Waals surface area contributed by atoms with E-state index in [0.29, 0.717) is 11.6 Å². The zero-order valence-electron chi connectivity index (χ0n) is 8.48. The zero-order chi connectivity index (χ0) is 9.76. The molecule has 90 valence electrons.